The average molecular weight is 315 g/mol. The lowest BCUT2D eigenvalue weighted by Crippen LogP contribution is -2.41. The Labute approximate surface area is 124 Å². The van der Waals surface area contributed by atoms with Gasteiger partial charge in [0.1, 0.15) is 0 Å². The van der Waals surface area contributed by atoms with Crippen LogP contribution in [0.2, 0.25) is 0 Å². The van der Waals surface area contributed by atoms with Crippen LogP contribution in [-0.4, -0.2) is 37.3 Å². The molecular formula is C13H21N3O4S. The Bertz CT molecular complexity index is 596. The van der Waals surface area contributed by atoms with Crippen molar-refractivity contribution >= 4 is 15.7 Å². The van der Waals surface area contributed by atoms with Gasteiger partial charge in [0.25, 0.3) is 5.69 Å². The Morgan fingerprint density at radius 1 is 1.29 bits per heavy atom. The summed E-state index contributed by atoms with van der Waals surface area (Å²) in [6, 6.07) is 4.89. The van der Waals surface area contributed by atoms with Gasteiger partial charge >= 0.3 is 0 Å². The summed E-state index contributed by atoms with van der Waals surface area (Å²) in [4.78, 5) is 10.1. The van der Waals surface area contributed by atoms with Crippen molar-refractivity contribution in [2.75, 3.05) is 19.6 Å². The molecule has 0 fully saturated rings. The summed E-state index contributed by atoms with van der Waals surface area (Å²) in [5.41, 5.74) is 5.17. The standard InChI is InChI=1S/C13H21N3O4S/c1-4-15(10-13(2,3)9-14)21(19,20)12-7-5-11(6-8-12)16(17)18/h5-8H,4,9-10,14H2,1-3H3. The Morgan fingerprint density at radius 3 is 2.19 bits per heavy atom. The smallest absolute Gasteiger partial charge is 0.269 e. The molecule has 0 aliphatic rings. The first-order valence-electron chi connectivity index (χ1n) is 6.59. The van der Waals surface area contributed by atoms with E-state index >= 15 is 0 Å². The SMILES string of the molecule is CCN(CC(C)(C)CN)S(=O)(=O)c1ccc([N+](=O)[O-])cc1. The van der Waals surface area contributed by atoms with E-state index in [2.05, 4.69) is 0 Å². The number of hydrogen-bond acceptors (Lipinski definition) is 5. The summed E-state index contributed by atoms with van der Waals surface area (Å²) >= 11 is 0. The van der Waals surface area contributed by atoms with Gasteiger partial charge in [-0.15, -0.1) is 0 Å². The van der Waals surface area contributed by atoms with E-state index in [9.17, 15) is 18.5 Å². The number of nitro benzene ring substituents is 1. The van der Waals surface area contributed by atoms with E-state index < -0.39 is 14.9 Å². The molecule has 0 saturated heterocycles. The number of benzene rings is 1. The predicted octanol–water partition coefficient (Wildman–Crippen LogP) is 1.59. The Morgan fingerprint density at radius 2 is 1.81 bits per heavy atom. The maximum Gasteiger partial charge on any atom is 0.269 e. The minimum absolute atomic E-state index is 0.0442. The molecule has 0 radical (unpaired) electrons. The molecule has 7 nitrogen and oxygen atoms in total. The summed E-state index contributed by atoms with van der Waals surface area (Å²) in [6.45, 7) is 6.49. The van der Waals surface area contributed by atoms with E-state index in [1.54, 1.807) is 6.92 Å². The minimum atomic E-state index is -3.68. The van der Waals surface area contributed by atoms with Crippen molar-refractivity contribution in [3.63, 3.8) is 0 Å². The lowest BCUT2D eigenvalue weighted by molar-refractivity contribution is -0.384. The van der Waals surface area contributed by atoms with Gasteiger partial charge in [0.2, 0.25) is 10.0 Å². The third kappa shape index (κ3) is 4.23. The molecule has 118 valence electrons. The van der Waals surface area contributed by atoms with E-state index in [-0.39, 0.29) is 16.0 Å². The fourth-order valence-corrected chi connectivity index (χ4v) is 3.44. The maximum atomic E-state index is 12.6. The Kier molecular flexibility index (Phi) is 5.43. The van der Waals surface area contributed by atoms with Crippen LogP contribution in [0.3, 0.4) is 0 Å². The molecule has 0 bridgehead atoms. The second-order valence-electron chi connectivity index (χ2n) is 5.55. The number of hydrogen-bond donors (Lipinski definition) is 1. The van der Waals surface area contributed by atoms with Crippen molar-refractivity contribution in [1.82, 2.24) is 4.31 Å². The van der Waals surface area contributed by atoms with Crippen LogP contribution in [0.5, 0.6) is 0 Å². The first-order chi connectivity index (χ1) is 9.64. The molecule has 8 heteroatoms. The number of nitrogens with two attached hydrogens (primary N) is 1. The summed E-state index contributed by atoms with van der Waals surface area (Å²) in [5, 5.41) is 10.6. The second-order valence-corrected chi connectivity index (χ2v) is 7.49. The van der Waals surface area contributed by atoms with Crippen LogP contribution in [0.15, 0.2) is 29.2 Å². The van der Waals surface area contributed by atoms with Gasteiger partial charge in [0.05, 0.1) is 9.82 Å². The van der Waals surface area contributed by atoms with Crippen LogP contribution in [0.1, 0.15) is 20.8 Å². The van der Waals surface area contributed by atoms with Crippen LogP contribution in [0.25, 0.3) is 0 Å². The van der Waals surface area contributed by atoms with Gasteiger partial charge < -0.3 is 5.73 Å². The zero-order chi connectivity index (χ0) is 16.3. The zero-order valence-corrected chi connectivity index (χ0v) is 13.3. The van der Waals surface area contributed by atoms with Crippen LogP contribution in [-0.2, 0) is 10.0 Å². The highest BCUT2D eigenvalue weighted by Crippen LogP contribution is 2.23. The molecule has 1 aromatic carbocycles. The number of nitrogens with zero attached hydrogens (tertiary/aromatic N) is 2. The van der Waals surface area contributed by atoms with E-state index in [4.69, 9.17) is 5.73 Å². The van der Waals surface area contributed by atoms with Gasteiger partial charge in [-0.2, -0.15) is 4.31 Å². The number of rotatable bonds is 7. The van der Waals surface area contributed by atoms with Crippen LogP contribution in [0, 0.1) is 15.5 Å². The molecule has 0 aliphatic carbocycles. The summed E-state index contributed by atoms with van der Waals surface area (Å²) in [6.07, 6.45) is 0. The summed E-state index contributed by atoms with van der Waals surface area (Å²) in [7, 11) is -3.68. The molecule has 0 unspecified atom stereocenters. The van der Waals surface area contributed by atoms with Gasteiger partial charge in [-0.1, -0.05) is 20.8 Å². The largest absolute Gasteiger partial charge is 0.330 e. The highest BCUT2D eigenvalue weighted by atomic mass is 32.2. The van der Waals surface area contributed by atoms with Crippen molar-refractivity contribution < 1.29 is 13.3 Å². The highest BCUT2D eigenvalue weighted by Gasteiger charge is 2.29. The first kappa shape index (κ1) is 17.5. The molecular weight excluding hydrogens is 294 g/mol. The fraction of sp³-hybridized carbons (Fsp3) is 0.538. The number of non-ortho nitro benzene ring substituents is 1. The number of nitro groups is 1. The van der Waals surface area contributed by atoms with E-state index in [0.29, 0.717) is 19.6 Å². The topological polar surface area (TPSA) is 107 Å². The molecule has 0 spiro atoms. The van der Waals surface area contributed by atoms with E-state index in [0.717, 1.165) is 0 Å². The second kappa shape index (κ2) is 6.50. The monoisotopic (exact) mass is 315 g/mol. The fourth-order valence-electron chi connectivity index (χ4n) is 1.80. The molecule has 0 amide bonds. The molecule has 0 aromatic heterocycles. The molecule has 0 aliphatic heterocycles. The van der Waals surface area contributed by atoms with Gasteiger partial charge in [0.15, 0.2) is 0 Å². The van der Waals surface area contributed by atoms with Crippen molar-refractivity contribution in [3.8, 4) is 0 Å². The normalized spacial score (nSPS) is 12.6. The molecule has 0 heterocycles. The molecule has 1 aromatic rings. The van der Waals surface area contributed by atoms with Gasteiger partial charge in [-0.25, -0.2) is 8.42 Å². The molecule has 21 heavy (non-hydrogen) atoms. The van der Waals surface area contributed by atoms with Gasteiger partial charge in [0, 0.05) is 25.2 Å². The first-order valence-corrected chi connectivity index (χ1v) is 8.03. The van der Waals surface area contributed by atoms with Crippen molar-refractivity contribution in [1.29, 1.82) is 0 Å². The molecule has 0 saturated carbocycles. The Hall–Kier alpha value is -1.51. The molecule has 0 atom stereocenters. The van der Waals surface area contributed by atoms with Gasteiger partial charge in [-0.3, -0.25) is 10.1 Å². The summed E-state index contributed by atoms with van der Waals surface area (Å²) in [5.74, 6) is 0. The third-order valence-corrected chi connectivity index (χ3v) is 5.13. The predicted molar refractivity (Wildman–Crippen MR) is 80.4 cm³/mol. The van der Waals surface area contributed by atoms with Crippen LogP contribution >= 0.6 is 0 Å². The quantitative estimate of drug-likeness (QED) is 0.607. The van der Waals surface area contributed by atoms with Crippen molar-refractivity contribution in [3.05, 3.63) is 34.4 Å². The van der Waals surface area contributed by atoms with Crippen LogP contribution in [0.4, 0.5) is 5.69 Å². The summed E-state index contributed by atoms with van der Waals surface area (Å²) < 4.78 is 26.4. The lowest BCUT2D eigenvalue weighted by Gasteiger charge is -2.30. The Balaban J connectivity index is 3.10. The van der Waals surface area contributed by atoms with Crippen molar-refractivity contribution in [2.45, 2.75) is 25.7 Å². The molecule has 1 rings (SSSR count). The lowest BCUT2D eigenvalue weighted by atomic mass is 9.94. The highest BCUT2D eigenvalue weighted by molar-refractivity contribution is 7.89. The van der Waals surface area contributed by atoms with Crippen molar-refractivity contribution in [2.24, 2.45) is 11.1 Å². The number of sulfonamides is 1. The zero-order valence-electron chi connectivity index (χ0n) is 12.4. The molecule has 2 N–H and O–H groups in total. The van der Waals surface area contributed by atoms with Crippen LogP contribution < -0.4 is 5.73 Å². The maximum absolute atomic E-state index is 12.6. The average Bonchev–Trinajstić information content (AvgIpc) is 2.44. The van der Waals surface area contributed by atoms with Gasteiger partial charge in [-0.05, 0) is 24.1 Å². The van der Waals surface area contributed by atoms with E-state index in [1.807, 2.05) is 13.8 Å². The van der Waals surface area contributed by atoms with E-state index in [1.165, 1.54) is 28.6 Å². The third-order valence-electron chi connectivity index (χ3n) is 3.19. The minimum Gasteiger partial charge on any atom is -0.330 e.